The number of pyridine rings is 1. The summed E-state index contributed by atoms with van der Waals surface area (Å²) >= 11 is 0. The van der Waals surface area contributed by atoms with Crippen LogP contribution in [0.2, 0.25) is 0 Å². The maximum Gasteiger partial charge on any atom is 0.390 e. The fourth-order valence-corrected chi connectivity index (χ4v) is 1.56. The predicted molar refractivity (Wildman–Crippen MR) is 69.2 cm³/mol. The summed E-state index contributed by atoms with van der Waals surface area (Å²) < 4.78 is 36.6. The highest BCUT2D eigenvalue weighted by atomic mass is 19.4. The molecule has 0 saturated heterocycles. The molecule has 1 aromatic rings. The molecule has 7 heteroatoms. The van der Waals surface area contributed by atoms with Crippen LogP contribution < -0.4 is 4.90 Å². The quantitative estimate of drug-likeness (QED) is 0.904. The molecule has 1 rings (SSSR count). The molecular formula is C13H17F3N2O2. The van der Waals surface area contributed by atoms with Gasteiger partial charge in [0.15, 0.2) is 0 Å². The Labute approximate surface area is 115 Å². The third kappa shape index (κ3) is 4.71. The van der Waals surface area contributed by atoms with Crippen LogP contribution in [0.1, 0.15) is 42.2 Å². The molecule has 0 fully saturated rings. The summed E-state index contributed by atoms with van der Waals surface area (Å²) in [7, 11) is 1.46. The van der Waals surface area contributed by atoms with Crippen molar-refractivity contribution in [1.29, 1.82) is 0 Å². The molecule has 0 radical (unpaired) electrons. The molecule has 0 bridgehead atoms. The summed E-state index contributed by atoms with van der Waals surface area (Å²) in [5.74, 6) is -0.901. The van der Waals surface area contributed by atoms with E-state index >= 15 is 0 Å². The van der Waals surface area contributed by atoms with Crippen LogP contribution in [-0.2, 0) is 0 Å². The van der Waals surface area contributed by atoms with Gasteiger partial charge < -0.3 is 10.0 Å². The van der Waals surface area contributed by atoms with E-state index in [-0.39, 0.29) is 23.8 Å². The van der Waals surface area contributed by atoms with Gasteiger partial charge in [0.1, 0.15) is 5.82 Å². The minimum absolute atomic E-state index is 0.0101. The van der Waals surface area contributed by atoms with Gasteiger partial charge >= 0.3 is 12.1 Å². The van der Waals surface area contributed by atoms with Crippen LogP contribution >= 0.6 is 0 Å². The van der Waals surface area contributed by atoms with Crippen LogP contribution in [0.15, 0.2) is 12.1 Å². The molecule has 0 spiro atoms. The summed E-state index contributed by atoms with van der Waals surface area (Å²) in [4.78, 5) is 16.6. The number of carboxylic acid groups (broad SMARTS) is 1. The number of anilines is 1. The van der Waals surface area contributed by atoms with Gasteiger partial charge in [0.25, 0.3) is 0 Å². The highest BCUT2D eigenvalue weighted by Crippen LogP contribution is 2.23. The molecule has 0 aliphatic carbocycles. The number of aromatic nitrogens is 1. The molecule has 4 nitrogen and oxygen atoms in total. The van der Waals surface area contributed by atoms with Crippen LogP contribution in [0.3, 0.4) is 0 Å². The van der Waals surface area contributed by atoms with E-state index < -0.39 is 18.6 Å². The molecular weight excluding hydrogens is 273 g/mol. The molecule has 0 atom stereocenters. The molecule has 0 aliphatic heterocycles. The van der Waals surface area contributed by atoms with Crippen LogP contribution in [0.5, 0.6) is 0 Å². The van der Waals surface area contributed by atoms with E-state index in [2.05, 4.69) is 4.98 Å². The monoisotopic (exact) mass is 290 g/mol. The first kappa shape index (κ1) is 16.3. The van der Waals surface area contributed by atoms with Crippen LogP contribution in [0.4, 0.5) is 19.0 Å². The molecule has 1 heterocycles. The highest BCUT2D eigenvalue weighted by Gasteiger charge is 2.27. The van der Waals surface area contributed by atoms with Crippen molar-refractivity contribution in [2.75, 3.05) is 18.5 Å². The van der Waals surface area contributed by atoms with Crippen molar-refractivity contribution in [3.63, 3.8) is 0 Å². The molecule has 1 aromatic heterocycles. The normalized spacial score (nSPS) is 11.8. The summed E-state index contributed by atoms with van der Waals surface area (Å²) in [6.07, 6.45) is -5.22. The zero-order valence-electron chi connectivity index (χ0n) is 11.5. The molecule has 0 aromatic carbocycles. The number of halogens is 3. The Kier molecular flexibility index (Phi) is 4.97. The molecule has 0 amide bonds. The minimum atomic E-state index is -4.25. The second-order valence-electron chi connectivity index (χ2n) is 4.89. The zero-order valence-corrected chi connectivity index (χ0v) is 11.5. The maximum absolute atomic E-state index is 12.2. The van der Waals surface area contributed by atoms with E-state index in [0.29, 0.717) is 5.69 Å². The minimum Gasteiger partial charge on any atom is -0.478 e. The Hall–Kier alpha value is -1.79. The van der Waals surface area contributed by atoms with E-state index in [9.17, 15) is 18.0 Å². The molecule has 0 aliphatic rings. The number of alkyl halides is 3. The van der Waals surface area contributed by atoms with E-state index in [0.717, 1.165) is 0 Å². The Balaban J connectivity index is 3.01. The Morgan fingerprint density at radius 2 is 2.00 bits per heavy atom. The second-order valence-corrected chi connectivity index (χ2v) is 4.89. The lowest BCUT2D eigenvalue weighted by Crippen LogP contribution is -2.25. The van der Waals surface area contributed by atoms with Crippen molar-refractivity contribution < 1.29 is 23.1 Å². The summed E-state index contributed by atoms with van der Waals surface area (Å²) in [6.45, 7) is 3.41. The highest BCUT2D eigenvalue weighted by molar-refractivity contribution is 5.88. The molecule has 1 N–H and O–H groups in total. The first-order chi connectivity index (χ1) is 9.10. The Morgan fingerprint density at radius 3 is 2.45 bits per heavy atom. The van der Waals surface area contributed by atoms with Gasteiger partial charge in [-0.25, -0.2) is 9.78 Å². The summed E-state index contributed by atoms with van der Waals surface area (Å²) in [5, 5.41) is 9.03. The standard InChI is InChI=1S/C13H17F3N2O2/c1-8(2)10-6-9(12(19)20)7-11(17-10)18(3)5-4-13(14,15)16/h6-8H,4-5H2,1-3H3,(H,19,20). The zero-order chi connectivity index (χ0) is 15.5. The van der Waals surface area contributed by atoms with E-state index in [4.69, 9.17) is 5.11 Å². The SMILES string of the molecule is CC(C)c1cc(C(=O)O)cc(N(C)CCC(F)(F)F)n1. The number of nitrogens with zero attached hydrogens (tertiary/aromatic N) is 2. The van der Waals surface area contributed by atoms with Crippen molar-refractivity contribution in [2.45, 2.75) is 32.4 Å². The van der Waals surface area contributed by atoms with Gasteiger partial charge in [0.05, 0.1) is 12.0 Å². The smallest absolute Gasteiger partial charge is 0.390 e. The lowest BCUT2D eigenvalue weighted by atomic mass is 10.1. The van der Waals surface area contributed by atoms with Gasteiger partial charge in [-0.05, 0) is 18.1 Å². The van der Waals surface area contributed by atoms with Gasteiger partial charge in [-0.15, -0.1) is 0 Å². The number of hydrogen-bond donors (Lipinski definition) is 1. The van der Waals surface area contributed by atoms with E-state index in [1.54, 1.807) is 0 Å². The van der Waals surface area contributed by atoms with Crippen molar-refractivity contribution in [2.24, 2.45) is 0 Å². The average Bonchev–Trinajstić information content (AvgIpc) is 2.34. The first-order valence-corrected chi connectivity index (χ1v) is 6.13. The van der Waals surface area contributed by atoms with E-state index in [1.807, 2.05) is 13.8 Å². The number of carbonyl (C=O) groups is 1. The number of rotatable bonds is 5. The van der Waals surface area contributed by atoms with Gasteiger partial charge in [0, 0.05) is 19.3 Å². The third-order valence-corrected chi connectivity index (χ3v) is 2.79. The predicted octanol–water partition coefficient (Wildman–Crippen LogP) is 3.29. The largest absolute Gasteiger partial charge is 0.478 e. The number of aromatic carboxylic acids is 1. The fraction of sp³-hybridized carbons (Fsp3) is 0.538. The maximum atomic E-state index is 12.2. The topological polar surface area (TPSA) is 53.4 Å². The van der Waals surface area contributed by atoms with Crippen molar-refractivity contribution in [3.8, 4) is 0 Å². The lowest BCUT2D eigenvalue weighted by molar-refractivity contribution is -0.132. The van der Waals surface area contributed by atoms with Crippen molar-refractivity contribution in [1.82, 2.24) is 4.98 Å². The number of carboxylic acids is 1. The summed E-state index contributed by atoms with van der Waals surface area (Å²) in [6, 6.07) is 2.72. The molecule has 112 valence electrons. The Bertz CT molecular complexity index is 487. The third-order valence-electron chi connectivity index (χ3n) is 2.79. The molecule has 0 unspecified atom stereocenters. The van der Waals surface area contributed by atoms with Gasteiger partial charge in [-0.2, -0.15) is 13.2 Å². The van der Waals surface area contributed by atoms with Gasteiger partial charge in [-0.3, -0.25) is 0 Å². The van der Waals surface area contributed by atoms with Crippen LogP contribution in [-0.4, -0.2) is 35.8 Å². The van der Waals surface area contributed by atoms with Crippen LogP contribution in [0, 0.1) is 0 Å². The van der Waals surface area contributed by atoms with E-state index in [1.165, 1.54) is 24.1 Å². The summed E-state index contributed by atoms with van der Waals surface area (Å²) in [5.41, 5.74) is 0.566. The first-order valence-electron chi connectivity index (χ1n) is 6.13. The fourth-order valence-electron chi connectivity index (χ4n) is 1.56. The molecule has 20 heavy (non-hydrogen) atoms. The Morgan fingerprint density at radius 1 is 1.40 bits per heavy atom. The van der Waals surface area contributed by atoms with Gasteiger partial charge in [0.2, 0.25) is 0 Å². The van der Waals surface area contributed by atoms with Crippen molar-refractivity contribution >= 4 is 11.8 Å². The number of hydrogen-bond acceptors (Lipinski definition) is 3. The second kappa shape index (κ2) is 6.11. The van der Waals surface area contributed by atoms with Crippen molar-refractivity contribution in [3.05, 3.63) is 23.4 Å². The van der Waals surface area contributed by atoms with Crippen LogP contribution in [0.25, 0.3) is 0 Å². The molecule has 0 saturated carbocycles. The van der Waals surface area contributed by atoms with Gasteiger partial charge in [-0.1, -0.05) is 13.8 Å². The average molecular weight is 290 g/mol. The lowest BCUT2D eigenvalue weighted by Gasteiger charge is -2.21.